The minimum atomic E-state index is -0.421. The predicted octanol–water partition coefficient (Wildman–Crippen LogP) is 3.17. The molecule has 0 aliphatic carbocycles. The van der Waals surface area contributed by atoms with Crippen LogP contribution in [0.2, 0.25) is 0 Å². The van der Waals surface area contributed by atoms with E-state index in [9.17, 15) is 0 Å². The average molecular weight is 189 g/mol. The molecule has 0 spiro atoms. The first kappa shape index (κ1) is 11.0. The van der Waals surface area contributed by atoms with E-state index in [1.54, 1.807) is 6.08 Å². The average Bonchev–Trinajstić information content (AvgIpc) is 2.18. The number of nitrogens with two attached hydrogens (primary N) is 1. The fourth-order valence-electron chi connectivity index (χ4n) is 1.34. The van der Waals surface area contributed by atoms with E-state index in [1.807, 2.05) is 6.92 Å². The second-order valence-electron chi connectivity index (χ2n) is 4.26. The third-order valence-electron chi connectivity index (χ3n) is 2.62. The molecule has 0 radical (unpaired) electrons. The van der Waals surface area contributed by atoms with Crippen molar-refractivity contribution in [3.63, 3.8) is 0 Å². The monoisotopic (exact) mass is 189 g/mol. The van der Waals surface area contributed by atoms with Gasteiger partial charge in [0, 0.05) is 0 Å². The Morgan fingerprint density at radius 1 is 1.29 bits per heavy atom. The van der Waals surface area contributed by atoms with E-state index in [0.29, 0.717) is 5.92 Å². The van der Waals surface area contributed by atoms with Crippen molar-refractivity contribution in [2.24, 2.45) is 5.73 Å². The molecule has 0 aromatic heterocycles. The molecule has 1 unspecified atom stereocenters. The van der Waals surface area contributed by atoms with Crippen LogP contribution in [0.4, 0.5) is 0 Å². The number of benzene rings is 1. The Kier molecular flexibility index (Phi) is 3.12. The number of hydrogen-bond donors (Lipinski definition) is 1. The van der Waals surface area contributed by atoms with Crippen LogP contribution in [-0.4, -0.2) is 0 Å². The first-order valence-corrected chi connectivity index (χ1v) is 5.00. The van der Waals surface area contributed by atoms with Crippen LogP contribution in [0.1, 0.15) is 37.8 Å². The fraction of sp³-hybridized carbons (Fsp3) is 0.385. The van der Waals surface area contributed by atoms with E-state index in [2.05, 4.69) is 44.7 Å². The lowest BCUT2D eigenvalue weighted by atomic mass is 9.91. The van der Waals surface area contributed by atoms with Crippen molar-refractivity contribution < 1.29 is 0 Å². The van der Waals surface area contributed by atoms with E-state index < -0.39 is 5.54 Å². The molecule has 2 N–H and O–H groups in total. The second kappa shape index (κ2) is 3.97. The van der Waals surface area contributed by atoms with E-state index in [4.69, 9.17) is 5.73 Å². The summed E-state index contributed by atoms with van der Waals surface area (Å²) in [5, 5.41) is 0. The van der Waals surface area contributed by atoms with Crippen LogP contribution >= 0.6 is 0 Å². The molecule has 1 nitrogen and oxygen atoms in total. The molecule has 0 saturated heterocycles. The Labute approximate surface area is 86.6 Å². The lowest BCUT2D eigenvalue weighted by Gasteiger charge is -2.21. The lowest BCUT2D eigenvalue weighted by molar-refractivity contribution is 0.631. The SMILES string of the molecule is C=CC(C)(N)c1ccc(C(C)C)cc1. The summed E-state index contributed by atoms with van der Waals surface area (Å²) in [6.07, 6.45) is 1.78. The minimum absolute atomic E-state index is 0.421. The highest BCUT2D eigenvalue weighted by molar-refractivity contribution is 5.31. The van der Waals surface area contributed by atoms with E-state index >= 15 is 0 Å². The van der Waals surface area contributed by atoms with Gasteiger partial charge in [0.25, 0.3) is 0 Å². The van der Waals surface area contributed by atoms with Crippen molar-refractivity contribution >= 4 is 0 Å². The Hall–Kier alpha value is -1.08. The van der Waals surface area contributed by atoms with Gasteiger partial charge in [-0.15, -0.1) is 6.58 Å². The van der Waals surface area contributed by atoms with Gasteiger partial charge in [0.15, 0.2) is 0 Å². The summed E-state index contributed by atoms with van der Waals surface area (Å²) in [5.41, 5.74) is 8.07. The molecule has 1 aromatic carbocycles. The summed E-state index contributed by atoms with van der Waals surface area (Å²) in [6.45, 7) is 10.1. The van der Waals surface area contributed by atoms with Gasteiger partial charge in [-0.3, -0.25) is 0 Å². The topological polar surface area (TPSA) is 26.0 Å². The van der Waals surface area contributed by atoms with Crippen LogP contribution in [-0.2, 0) is 5.54 Å². The molecule has 1 heteroatoms. The normalized spacial score (nSPS) is 15.2. The molecule has 0 heterocycles. The van der Waals surface area contributed by atoms with Crippen molar-refractivity contribution in [1.29, 1.82) is 0 Å². The summed E-state index contributed by atoms with van der Waals surface area (Å²) in [5.74, 6) is 0.566. The Morgan fingerprint density at radius 3 is 2.14 bits per heavy atom. The summed E-state index contributed by atoms with van der Waals surface area (Å²) in [7, 11) is 0. The van der Waals surface area contributed by atoms with Crippen LogP contribution in [0.5, 0.6) is 0 Å². The Balaban J connectivity index is 2.99. The highest BCUT2D eigenvalue weighted by atomic mass is 14.7. The molecule has 0 fully saturated rings. The van der Waals surface area contributed by atoms with Gasteiger partial charge in [0.1, 0.15) is 0 Å². The molecule has 0 aliphatic heterocycles. The lowest BCUT2D eigenvalue weighted by Crippen LogP contribution is -2.29. The van der Waals surface area contributed by atoms with Crippen molar-refractivity contribution in [3.05, 3.63) is 48.0 Å². The molecule has 1 aromatic rings. The summed E-state index contributed by atoms with van der Waals surface area (Å²) < 4.78 is 0. The zero-order valence-electron chi connectivity index (χ0n) is 9.25. The smallest absolute Gasteiger partial charge is 0.0564 e. The van der Waals surface area contributed by atoms with Crippen molar-refractivity contribution in [3.8, 4) is 0 Å². The van der Waals surface area contributed by atoms with Crippen molar-refractivity contribution in [1.82, 2.24) is 0 Å². The maximum absolute atomic E-state index is 6.05. The van der Waals surface area contributed by atoms with E-state index in [-0.39, 0.29) is 0 Å². The molecule has 76 valence electrons. The summed E-state index contributed by atoms with van der Waals surface area (Å²) in [6, 6.07) is 8.43. The molecule has 1 rings (SSSR count). The van der Waals surface area contributed by atoms with Gasteiger partial charge in [-0.25, -0.2) is 0 Å². The molecule has 14 heavy (non-hydrogen) atoms. The Morgan fingerprint density at radius 2 is 1.79 bits per heavy atom. The van der Waals surface area contributed by atoms with Gasteiger partial charge >= 0.3 is 0 Å². The fourth-order valence-corrected chi connectivity index (χ4v) is 1.34. The minimum Gasteiger partial charge on any atom is -0.318 e. The summed E-state index contributed by atoms with van der Waals surface area (Å²) in [4.78, 5) is 0. The molecule has 0 aliphatic rings. The quantitative estimate of drug-likeness (QED) is 0.726. The molecular formula is C13H19N. The van der Waals surface area contributed by atoms with E-state index in [1.165, 1.54) is 5.56 Å². The van der Waals surface area contributed by atoms with Gasteiger partial charge in [-0.2, -0.15) is 0 Å². The first-order chi connectivity index (χ1) is 6.47. The molecule has 0 saturated carbocycles. The maximum atomic E-state index is 6.05. The van der Waals surface area contributed by atoms with Gasteiger partial charge in [-0.05, 0) is 24.0 Å². The second-order valence-corrected chi connectivity index (χ2v) is 4.26. The van der Waals surface area contributed by atoms with Gasteiger partial charge in [0.2, 0.25) is 0 Å². The molecular weight excluding hydrogens is 170 g/mol. The van der Waals surface area contributed by atoms with Gasteiger partial charge in [0.05, 0.1) is 5.54 Å². The summed E-state index contributed by atoms with van der Waals surface area (Å²) >= 11 is 0. The highest BCUT2D eigenvalue weighted by Crippen LogP contribution is 2.21. The Bertz CT molecular complexity index is 307. The van der Waals surface area contributed by atoms with Crippen molar-refractivity contribution in [2.45, 2.75) is 32.2 Å². The van der Waals surface area contributed by atoms with Crippen LogP contribution in [0.25, 0.3) is 0 Å². The zero-order valence-corrected chi connectivity index (χ0v) is 9.25. The standard InChI is InChI=1S/C13H19N/c1-5-13(4,14)12-8-6-11(7-9-12)10(2)3/h5-10H,1,14H2,2-4H3. The van der Waals surface area contributed by atoms with Crippen molar-refractivity contribution in [2.75, 3.05) is 0 Å². The zero-order chi connectivity index (χ0) is 10.8. The van der Waals surface area contributed by atoms with Crippen LogP contribution in [0.3, 0.4) is 0 Å². The number of hydrogen-bond acceptors (Lipinski definition) is 1. The molecule has 1 atom stereocenters. The largest absolute Gasteiger partial charge is 0.318 e. The maximum Gasteiger partial charge on any atom is 0.0564 e. The third kappa shape index (κ3) is 2.24. The van der Waals surface area contributed by atoms with Crippen LogP contribution in [0.15, 0.2) is 36.9 Å². The van der Waals surface area contributed by atoms with Gasteiger partial charge in [-0.1, -0.05) is 44.2 Å². The van der Waals surface area contributed by atoms with E-state index in [0.717, 1.165) is 5.56 Å². The first-order valence-electron chi connectivity index (χ1n) is 5.00. The highest BCUT2D eigenvalue weighted by Gasteiger charge is 2.15. The van der Waals surface area contributed by atoms with Crippen LogP contribution < -0.4 is 5.73 Å². The van der Waals surface area contributed by atoms with Gasteiger partial charge < -0.3 is 5.73 Å². The predicted molar refractivity (Wildman–Crippen MR) is 62.3 cm³/mol. The third-order valence-corrected chi connectivity index (χ3v) is 2.62. The molecule has 0 bridgehead atoms. The number of rotatable bonds is 3. The van der Waals surface area contributed by atoms with Crippen LogP contribution in [0, 0.1) is 0 Å². The molecule has 0 amide bonds.